The van der Waals surface area contributed by atoms with Gasteiger partial charge in [0, 0.05) is 12.0 Å². The van der Waals surface area contributed by atoms with Gasteiger partial charge in [-0.1, -0.05) is 0 Å². The van der Waals surface area contributed by atoms with E-state index in [1.54, 1.807) is 11.0 Å². The number of nitrogens with zero attached hydrogens (tertiary/aromatic N) is 2. The summed E-state index contributed by atoms with van der Waals surface area (Å²) in [7, 11) is 0. The summed E-state index contributed by atoms with van der Waals surface area (Å²) < 4.78 is 6.92. The first-order valence-corrected chi connectivity index (χ1v) is 10.1. The van der Waals surface area contributed by atoms with Gasteiger partial charge in [0.2, 0.25) is 0 Å². The van der Waals surface area contributed by atoms with Crippen LogP contribution < -0.4 is 5.56 Å². The minimum absolute atomic E-state index is 0.106. The van der Waals surface area contributed by atoms with Crippen molar-refractivity contribution >= 4 is 43.6 Å². The summed E-state index contributed by atoms with van der Waals surface area (Å²) >= 11 is 4.69. The number of aliphatic hydroxyl groups is 1. The molecule has 9 heteroatoms. The van der Waals surface area contributed by atoms with Crippen molar-refractivity contribution < 1.29 is 14.6 Å². The molecule has 1 saturated heterocycles. The molecule has 26 heavy (non-hydrogen) atoms. The Hall–Kier alpha value is -1.45. The number of H-pyrrole nitrogens is 1. The zero-order chi connectivity index (χ0) is 18.8. The maximum atomic E-state index is 12.8. The number of hydrogen-bond acceptors (Lipinski definition) is 6. The Balaban J connectivity index is 1.77. The molecule has 1 aliphatic heterocycles. The Morgan fingerprint density at radius 3 is 2.88 bits per heavy atom. The lowest BCUT2D eigenvalue weighted by Gasteiger charge is -2.37. The van der Waals surface area contributed by atoms with E-state index in [0.717, 1.165) is 3.79 Å². The number of aromatic nitrogens is 2. The number of hydrogen-bond donors (Lipinski definition) is 2. The molecule has 2 N–H and O–H groups in total. The van der Waals surface area contributed by atoms with Gasteiger partial charge in [0.15, 0.2) is 0 Å². The fourth-order valence-corrected chi connectivity index (χ4v) is 5.42. The van der Waals surface area contributed by atoms with Gasteiger partial charge in [-0.2, -0.15) is 0 Å². The van der Waals surface area contributed by atoms with Gasteiger partial charge in [0.1, 0.15) is 16.1 Å². The third-order valence-electron chi connectivity index (χ3n) is 4.91. The van der Waals surface area contributed by atoms with Crippen LogP contribution in [0, 0.1) is 5.92 Å². The number of aromatic amines is 1. The Morgan fingerprint density at radius 2 is 2.19 bits per heavy atom. The van der Waals surface area contributed by atoms with Gasteiger partial charge >= 0.3 is 6.09 Å². The van der Waals surface area contributed by atoms with Crippen molar-refractivity contribution in [3.8, 4) is 0 Å². The van der Waals surface area contributed by atoms with Crippen LogP contribution in [0.5, 0.6) is 0 Å². The molecule has 3 heterocycles. The minimum atomic E-state index is -0.620. The molecule has 4 rings (SSSR count). The second kappa shape index (κ2) is 6.03. The van der Waals surface area contributed by atoms with Crippen molar-refractivity contribution in [1.29, 1.82) is 0 Å². The number of aliphatic hydroxyl groups excluding tert-OH is 1. The van der Waals surface area contributed by atoms with Gasteiger partial charge in [0.05, 0.1) is 21.4 Å². The number of thiophene rings is 1. The quantitative estimate of drug-likeness (QED) is 0.708. The summed E-state index contributed by atoms with van der Waals surface area (Å²) in [6.07, 6.45) is 0.256. The third kappa shape index (κ3) is 2.95. The summed E-state index contributed by atoms with van der Waals surface area (Å²) in [6.45, 7) is 5.45. The van der Waals surface area contributed by atoms with E-state index in [1.165, 1.54) is 11.3 Å². The average molecular weight is 442 g/mol. The number of ether oxygens (including phenoxy) is 1. The highest BCUT2D eigenvalue weighted by atomic mass is 79.9. The molecule has 140 valence electrons. The van der Waals surface area contributed by atoms with Crippen LogP contribution in [0.2, 0.25) is 0 Å². The van der Waals surface area contributed by atoms with E-state index in [1.807, 2.05) is 20.8 Å². The zero-order valence-electron chi connectivity index (χ0n) is 14.7. The van der Waals surface area contributed by atoms with E-state index in [0.29, 0.717) is 28.9 Å². The first-order valence-electron chi connectivity index (χ1n) is 8.52. The fourth-order valence-electron chi connectivity index (χ4n) is 4.00. The molecule has 0 unspecified atom stereocenters. The number of halogens is 1. The van der Waals surface area contributed by atoms with E-state index < -0.39 is 23.8 Å². The summed E-state index contributed by atoms with van der Waals surface area (Å²) in [5.41, 5.74) is -0.269. The van der Waals surface area contributed by atoms with Crippen LogP contribution in [0.15, 0.2) is 14.6 Å². The van der Waals surface area contributed by atoms with E-state index in [2.05, 4.69) is 25.9 Å². The minimum Gasteiger partial charge on any atom is -0.444 e. The first kappa shape index (κ1) is 17.9. The number of nitrogens with one attached hydrogen (secondary N) is 1. The SMILES string of the molecule is CC(C)(C)OC(=O)N1[C@H]2C[C@@H]([C@H]1c1nc3cc(Br)sc3c(=O)[nH]1)[C@@H](O)C2. The number of carbonyl (C=O) groups excluding carboxylic acids is 1. The van der Waals surface area contributed by atoms with Gasteiger partial charge in [-0.3, -0.25) is 9.69 Å². The smallest absolute Gasteiger partial charge is 0.411 e. The van der Waals surface area contributed by atoms with E-state index in [4.69, 9.17) is 4.74 Å². The van der Waals surface area contributed by atoms with Crippen LogP contribution in [-0.2, 0) is 4.74 Å². The fraction of sp³-hybridized carbons (Fsp3) is 0.588. The van der Waals surface area contributed by atoms with Crippen LogP contribution in [0.25, 0.3) is 10.2 Å². The predicted molar refractivity (Wildman–Crippen MR) is 101 cm³/mol. The lowest BCUT2D eigenvalue weighted by Crippen LogP contribution is -2.46. The van der Waals surface area contributed by atoms with E-state index in [9.17, 15) is 14.7 Å². The molecule has 1 aliphatic carbocycles. The molecule has 7 nitrogen and oxygen atoms in total. The van der Waals surface area contributed by atoms with Gasteiger partial charge in [-0.15, -0.1) is 11.3 Å². The van der Waals surface area contributed by atoms with Crippen LogP contribution in [-0.4, -0.2) is 43.8 Å². The van der Waals surface area contributed by atoms with E-state index in [-0.39, 0.29) is 17.5 Å². The topological polar surface area (TPSA) is 95.5 Å². The molecule has 2 aliphatic rings. The molecular formula is C17H20BrN3O4S. The Kier molecular flexibility index (Phi) is 4.16. The van der Waals surface area contributed by atoms with Gasteiger partial charge in [-0.05, 0) is 55.6 Å². The number of fused-ring (bicyclic) bond motifs is 3. The van der Waals surface area contributed by atoms with E-state index >= 15 is 0 Å². The largest absolute Gasteiger partial charge is 0.444 e. The highest BCUT2D eigenvalue weighted by Gasteiger charge is 2.55. The predicted octanol–water partition coefficient (Wildman–Crippen LogP) is 3.18. The number of rotatable bonds is 1. The average Bonchev–Trinajstić information content (AvgIpc) is 3.15. The maximum Gasteiger partial charge on any atom is 0.411 e. The van der Waals surface area contributed by atoms with Gasteiger partial charge in [-0.25, -0.2) is 9.78 Å². The standard InChI is InChI=1S/C17H20BrN3O4S/c1-17(2,3)25-16(24)21-7-4-8(10(22)5-7)12(21)14-19-9-6-11(18)26-13(9)15(23)20-14/h6-8,10,12,22H,4-5H2,1-3H3,(H,19,20,23)/t7-,8+,10-,12-/m0/s1. The number of likely N-dealkylation sites (tertiary alicyclic amines) is 1. The van der Waals surface area contributed by atoms with Crippen molar-refractivity contribution in [2.75, 3.05) is 0 Å². The zero-order valence-corrected chi connectivity index (χ0v) is 17.1. The molecule has 2 aromatic heterocycles. The molecule has 2 bridgehead atoms. The lowest BCUT2D eigenvalue weighted by molar-refractivity contribution is -0.0132. The van der Waals surface area contributed by atoms with Crippen molar-refractivity contribution in [2.45, 2.75) is 57.4 Å². The molecule has 2 aromatic rings. The highest BCUT2D eigenvalue weighted by Crippen LogP contribution is 2.50. The summed E-state index contributed by atoms with van der Waals surface area (Å²) in [4.78, 5) is 34.3. The van der Waals surface area contributed by atoms with Crippen molar-refractivity contribution in [1.82, 2.24) is 14.9 Å². The number of carbonyl (C=O) groups is 1. The maximum absolute atomic E-state index is 12.8. The molecule has 1 saturated carbocycles. The molecule has 4 atom stereocenters. The summed E-state index contributed by atoms with van der Waals surface area (Å²) in [6, 6.07) is 1.19. The Bertz CT molecular complexity index is 934. The highest BCUT2D eigenvalue weighted by molar-refractivity contribution is 9.11. The normalized spacial score (nSPS) is 28.1. The van der Waals surface area contributed by atoms with Crippen molar-refractivity contribution in [3.05, 3.63) is 26.0 Å². The van der Waals surface area contributed by atoms with Crippen molar-refractivity contribution in [2.24, 2.45) is 5.92 Å². The van der Waals surface area contributed by atoms with Gasteiger partial charge in [0.25, 0.3) is 5.56 Å². The monoisotopic (exact) mass is 441 g/mol. The molecule has 0 radical (unpaired) electrons. The Labute approximate surface area is 162 Å². The van der Waals surface area contributed by atoms with Crippen LogP contribution in [0.3, 0.4) is 0 Å². The molecule has 1 amide bonds. The van der Waals surface area contributed by atoms with Crippen LogP contribution in [0.4, 0.5) is 4.79 Å². The Morgan fingerprint density at radius 1 is 1.46 bits per heavy atom. The van der Waals surface area contributed by atoms with Crippen molar-refractivity contribution in [3.63, 3.8) is 0 Å². The third-order valence-corrected chi connectivity index (χ3v) is 6.53. The lowest BCUT2D eigenvalue weighted by atomic mass is 9.95. The first-order chi connectivity index (χ1) is 12.1. The molecule has 0 spiro atoms. The second-order valence-electron chi connectivity index (χ2n) is 7.90. The molecule has 2 fully saturated rings. The summed E-state index contributed by atoms with van der Waals surface area (Å²) in [5, 5.41) is 10.4. The number of piperidine rings is 1. The summed E-state index contributed by atoms with van der Waals surface area (Å²) in [5.74, 6) is 0.250. The molecule has 0 aromatic carbocycles. The second-order valence-corrected chi connectivity index (χ2v) is 10.3. The van der Waals surface area contributed by atoms with Crippen LogP contribution >= 0.6 is 27.3 Å². The van der Waals surface area contributed by atoms with Gasteiger partial charge < -0.3 is 14.8 Å². The molecular weight excluding hydrogens is 422 g/mol. The number of amides is 1. The van der Waals surface area contributed by atoms with Crippen LogP contribution in [0.1, 0.15) is 45.5 Å².